The van der Waals surface area contributed by atoms with Gasteiger partial charge >= 0.3 is 0 Å². The smallest absolute Gasteiger partial charge is 0.136 e. The maximum absolute atomic E-state index is 11.9. The van der Waals surface area contributed by atoms with Gasteiger partial charge in [-0.15, -0.1) is 6.58 Å². The molecule has 0 bridgehead atoms. The molecular weight excluding hydrogens is 184 g/mol. The van der Waals surface area contributed by atoms with Crippen LogP contribution in [0.25, 0.3) is 0 Å². The standard InChI is InChI=1S/C14H24O/c1-10(2)5-7-12(4)13-8-6-11(3)9-14(13)15/h11-13H,1,5-9H2,2-4H3/t11-,12+,13+/m1/s1. The molecule has 15 heavy (non-hydrogen) atoms. The summed E-state index contributed by atoms with van der Waals surface area (Å²) in [7, 11) is 0. The van der Waals surface area contributed by atoms with E-state index in [0.717, 1.165) is 25.7 Å². The topological polar surface area (TPSA) is 17.1 Å². The average molecular weight is 208 g/mol. The predicted octanol–water partition coefficient (Wildman–Crippen LogP) is 3.98. The molecule has 0 amide bonds. The van der Waals surface area contributed by atoms with Crippen LogP contribution in [0.1, 0.15) is 52.9 Å². The monoisotopic (exact) mass is 208 g/mol. The highest BCUT2D eigenvalue weighted by atomic mass is 16.1. The molecule has 0 N–H and O–H groups in total. The Bertz CT molecular complexity index is 242. The van der Waals surface area contributed by atoms with E-state index in [4.69, 9.17) is 0 Å². The Labute approximate surface area is 93.9 Å². The van der Waals surface area contributed by atoms with Crippen molar-refractivity contribution in [1.29, 1.82) is 0 Å². The van der Waals surface area contributed by atoms with Crippen LogP contribution in [0.4, 0.5) is 0 Å². The number of rotatable bonds is 4. The third kappa shape index (κ3) is 3.81. The van der Waals surface area contributed by atoms with E-state index in [0.29, 0.717) is 23.5 Å². The fourth-order valence-corrected chi connectivity index (χ4v) is 2.50. The predicted molar refractivity (Wildman–Crippen MR) is 64.7 cm³/mol. The van der Waals surface area contributed by atoms with Crippen LogP contribution >= 0.6 is 0 Å². The largest absolute Gasteiger partial charge is 0.299 e. The Morgan fingerprint density at radius 1 is 1.53 bits per heavy atom. The minimum atomic E-state index is 0.334. The van der Waals surface area contributed by atoms with Gasteiger partial charge in [0.15, 0.2) is 0 Å². The minimum absolute atomic E-state index is 0.334. The third-order valence-electron chi connectivity index (χ3n) is 3.65. The lowest BCUT2D eigenvalue weighted by atomic mass is 9.74. The molecule has 0 radical (unpaired) electrons. The van der Waals surface area contributed by atoms with Crippen molar-refractivity contribution >= 4 is 5.78 Å². The molecule has 0 aromatic rings. The highest BCUT2D eigenvalue weighted by molar-refractivity contribution is 5.82. The van der Waals surface area contributed by atoms with Crippen LogP contribution in [0.2, 0.25) is 0 Å². The number of hydrogen-bond acceptors (Lipinski definition) is 1. The lowest BCUT2D eigenvalue weighted by Crippen LogP contribution is -2.28. The minimum Gasteiger partial charge on any atom is -0.299 e. The molecule has 1 nitrogen and oxygen atoms in total. The van der Waals surface area contributed by atoms with Crippen molar-refractivity contribution in [2.24, 2.45) is 17.8 Å². The van der Waals surface area contributed by atoms with Crippen molar-refractivity contribution in [3.05, 3.63) is 12.2 Å². The molecule has 1 rings (SSSR count). The van der Waals surface area contributed by atoms with Crippen LogP contribution in [-0.4, -0.2) is 5.78 Å². The third-order valence-corrected chi connectivity index (χ3v) is 3.65. The molecule has 1 aliphatic carbocycles. The molecule has 0 aliphatic heterocycles. The Balaban J connectivity index is 2.41. The highest BCUT2D eigenvalue weighted by Gasteiger charge is 2.29. The van der Waals surface area contributed by atoms with Gasteiger partial charge < -0.3 is 0 Å². The van der Waals surface area contributed by atoms with Crippen LogP contribution in [0.15, 0.2) is 12.2 Å². The van der Waals surface area contributed by atoms with E-state index in [-0.39, 0.29) is 0 Å². The SMILES string of the molecule is C=C(C)CC[C@H](C)[C@@H]1CC[C@@H](C)CC1=O. The molecule has 0 unspecified atom stereocenters. The molecule has 1 aliphatic rings. The van der Waals surface area contributed by atoms with Gasteiger partial charge in [0.1, 0.15) is 5.78 Å². The number of ketones is 1. The Morgan fingerprint density at radius 2 is 2.20 bits per heavy atom. The number of carbonyl (C=O) groups is 1. The maximum Gasteiger partial charge on any atom is 0.136 e. The quantitative estimate of drug-likeness (QED) is 0.639. The first kappa shape index (κ1) is 12.5. The summed E-state index contributed by atoms with van der Waals surface area (Å²) in [6.07, 6.45) is 5.34. The lowest BCUT2D eigenvalue weighted by Gasteiger charge is -2.29. The van der Waals surface area contributed by atoms with Crippen LogP contribution in [0.5, 0.6) is 0 Å². The maximum atomic E-state index is 11.9. The van der Waals surface area contributed by atoms with Crippen molar-refractivity contribution < 1.29 is 4.79 Å². The van der Waals surface area contributed by atoms with E-state index in [1.165, 1.54) is 12.0 Å². The first-order valence-electron chi connectivity index (χ1n) is 6.17. The molecule has 0 saturated heterocycles. The number of hydrogen-bond donors (Lipinski definition) is 0. The zero-order chi connectivity index (χ0) is 11.4. The van der Waals surface area contributed by atoms with Gasteiger partial charge in [-0.3, -0.25) is 4.79 Å². The van der Waals surface area contributed by atoms with Crippen molar-refractivity contribution in [1.82, 2.24) is 0 Å². The fraction of sp³-hybridized carbons (Fsp3) is 0.786. The van der Waals surface area contributed by atoms with Gasteiger partial charge in [0, 0.05) is 12.3 Å². The summed E-state index contributed by atoms with van der Waals surface area (Å²) in [6.45, 7) is 10.4. The van der Waals surface area contributed by atoms with E-state index in [1.54, 1.807) is 0 Å². The van der Waals surface area contributed by atoms with Gasteiger partial charge in [0.05, 0.1) is 0 Å². The summed E-state index contributed by atoms with van der Waals surface area (Å²) in [5, 5.41) is 0. The highest BCUT2D eigenvalue weighted by Crippen LogP contribution is 2.32. The second kappa shape index (κ2) is 5.48. The number of carbonyl (C=O) groups excluding carboxylic acids is 1. The summed E-state index contributed by atoms with van der Waals surface area (Å²) in [4.78, 5) is 11.9. The summed E-state index contributed by atoms with van der Waals surface area (Å²) in [5.41, 5.74) is 1.23. The van der Waals surface area contributed by atoms with Gasteiger partial charge in [0.25, 0.3) is 0 Å². The molecule has 0 aromatic carbocycles. The summed E-state index contributed by atoms with van der Waals surface area (Å²) < 4.78 is 0. The second-order valence-corrected chi connectivity index (χ2v) is 5.43. The van der Waals surface area contributed by atoms with Gasteiger partial charge in [-0.2, -0.15) is 0 Å². The Morgan fingerprint density at radius 3 is 2.73 bits per heavy atom. The Hall–Kier alpha value is -0.590. The molecule has 0 aromatic heterocycles. The average Bonchev–Trinajstić information content (AvgIpc) is 2.14. The summed E-state index contributed by atoms with van der Waals surface area (Å²) in [5.74, 6) is 1.99. The first-order valence-corrected chi connectivity index (χ1v) is 6.17. The zero-order valence-electron chi connectivity index (χ0n) is 10.4. The van der Waals surface area contributed by atoms with Crippen LogP contribution < -0.4 is 0 Å². The molecular formula is C14H24O. The van der Waals surface area contributed by atoms with Crippen molar-refractivity contribution in [3.63, 3.8) is 0 Å². The van der Waals surface area contributed by atoms with Crippen molar-refractivity contribution in [3.8, 4) is 0 Å². The van der Waals surface area contributed by atoms with E-state index in [9.17, 15) is 4.79 Å². The van der Waals surface area contributed by atoms with E-state index >= 15 is 0 Å². The molecule has 1 heteroatoms. The summed E-state index contributed by atoms with van der Waals surface area (Å²) >= 11 is 0. The molecule has 1 saturated carbocycles. The zero-order valence-corrected chi connectivity index (χ0v) is 10.4. The molecule has 0 heterocycles. The molecule has 0 spiro atoms. The Kier molecular flexibility index (Phi) is 4.56. The normalized spacial score (nSPS) is 28.9. The van der Waals surface area contributed by atoms with E-state index < -0.39 is 0 Å². The van der Waals surface area contributed by atoms with Crippen molar-refractivity contribution in [2.75, 3.05) is 0 Å². The van der Waals surface area contributed by atoms with Crippen LogP contribution in [0, 0.1) is 17.8 Å². The first-order chi connectivity index (χ1) is 7.00. The number of Topliss-reactive ketones (excluding diaryl/α,β-unsaturated/α-hetero) is 1. The number of allylic oxidation sites excluding steroid dienone is 1. The molecule has 3 atom stereocenters. The van der Waals surface area contributed by atoms with Gasteiger partial charge in [-0.05, 0) is 44.4 Å². The van der Waals surface area contributed by atoms with Crippen LogP contribution in [0.3, 0.4) is 0 Å². The molecule has 1 fully saturated rings. The summed E-state index contributed by atoms with van der Waals surface area (Å²) in [6, 6.07) is 0. The van der Waals surface area contributed by atoms with E-state index in [1.807, 2.05) is 0 Å². The van der Waals surface area contributed by atoms with Gasteiger partial charge in [0.2, 0.25) is 0 Å². The second-order valence-electron chi connectivity index (χ2n) is 5.43. The fourth-order valence-electron chi connectivity index (χ4n) is 2.50. The van der Waals surface area contributed by atoms with Crippen molar-refractivity contribution in [2.45, 2.75) is 52.9 Å². The lowest BCUT2D eigenvalue weighted by molar-refractivity contribution is -0.127. The van der Waals surface area contributed by atoms with Gasteiger partial charge in [-0.25, -0.2) is 0 Å². The van der Waals surface area contributed by atoms with Gasteiger partial charge in [-0.1, -0.05) is 19.4 Å². The van der Waals surface area contributed by atoms with E-state index in [2.05, 4.69) is 27.4 Å². The molecule has 86 valence electrons. The van der Waals surface area contributed by atoms with Crippen LogP contribution in [-0.2, 0) is 4.79 Å².